The Morgan fingerprint density at radius 2 is 1.68 bits per heavy atom. The third-order valence-corrected chi connectivity index (χ3v) is 6.85. The molecule has 2 aromatic carbocycles. The van der Waals surface area contributed by atoms with Crippen LogP contribution in [0.5, 0.6) is 5.75 Å². The van der Waals surface area contributed by atoms with Gasteiger partial charge in [0.2, 0.25) is 10.0 Å². The van der Waals surface area contributed by atoms with E-state index in [0.717, 1.165) is 29.7 Å². The molecule has 28 heavy (non-hydrogen) atoms. The first kappa shape index (κ1) is 20.4. The molecule has 2 aromatic rings. The zero-order valence-corrected chi connectivity index (χ0v) is 17.3. The summed E-state index contributed by atoms with van der Waals surface area (Å²) in [6, 6.07) is 10.6. The molecule has 1 amide bonds. The van der Waals surface area contributed by atoms with Crippen LogP contribution in [0.15, 0.2) is 41.3 Å². The first-order chi connectivity index (χ1) is 13.3. The highest BCUT2D eigenvalue weighted by molar-refractivity contribution is 7.89. The van der Waals surface area contributed by atoms with Gasteiger partial charge in [-0.15, -0.1) is 0 Å². The lowest BCUT2D eigenvalue weighted by Gasteiger charge is -2.17. The lowest BCUT2D eigenvalue weighted by molar-refractivity contribution is -0.118. The number of rotatable bonds is 6. The van der Waals surface area contributed by atoms with Crippen LogP contribution in [0.2, 0.25) is 0 Å². The molecule has 1 heterocycles. The maximum Gasteiger partial charge on any atom is 0.262 e. The SMILES string of the molecule is Cc1cc(S(=O)(=O)N2CCCC2)ccc1OCC(=O)Nc1c(C)cccc1C. The second kappa shape index (κ2) is 8.32. The van der Waals surface area contributed by atoms with Gasteiger partial charge < -0.3 is 10.1 Å². The first-order valence-electron chi connectivity index (χ1n) is 9.39. The molecule has 7 heteroatoms. The lowest BCUT2D eigenvalue weighted by Crippen LogP contribution is -2.28. The third-order valence-electron chi connectivity index (χ3n) is 4.95. The van der Waals surface area contributed by atoms with E-state index in [0.29, 0.717) is 24.4 Å². The summed E-state index contributed by atoms with van der Waals surface area (Å²) in [6.45, 7) is 6.64. The Labute approximate surface area is 166 Å². The average Bonchev–Trinajstić information content (AvgIpc) is 3.19. The molecule has 0 aromatic heterocycles. The molecule has 1 N–H and O–H groups in total. The van der Waals surface area contributed by atoms with Gasteiger partial charge in [-0.25, -0.2) is 8.42 Å². The predicted octanol–water partition coefficient (Wildman–Crippen LogP) is 3.41. The van der Waals surface area contributed by atoms with Crippen LogP contribution in [0.4, 0.5) is 5.69 Å². The molecule has 0 unspecified atom stereocenters. The Kier molecular flexibility index (Phi) is 6.05. The van der Waals surface area contributed by atoms with Crippen molar-refractivity contribution < 1.29 is 17.9 Å². The van der Waals surface area contributed by atoms with E-state index < -0.39 is 10.0 Å². The van der Waals surface area contributed by atoms with Crippen LogP contribution in [-0.4, -0.2) is 38.3 Å². The van der Waals surface area contributed by atoms with Crippen molar-refractivity contribution in [3.63, 3.8) is 0 Å². The zero-order chi connectivity index (χ0) is 20.3. The molecule has 1 aliphatic heterocycles. The summed E-state index contributed by atoms with van der Waals surface area (Å²) in [7, 11) is -3.46. The van der Waals surface area contributed by atoms with E-state index in [9.17, 15) is 13.2 Å². The number of sulfonamides is 1. The second-order valence-electron chi connectivity index (χ2n) is 7.14. The number of aryl methyl sites for hydroxylation is 3. The number of carbonyl (C=O) groups excluding carboxylic acids is 1. The number of nitrogens with one attached hydrogen (secondary N) is 1. The van der Waals surface area contributed by atoms with Gasteiger partial charge in [-0.2, -0.15) is 4.31 Å². The largest absolute Gasteiger partial charge is 0.483 e. The number of anilines is 1. The first-order valence-corrected chi connectivity index (χ1v) is 10.8. The van der Waals surface area contributed by atoms with Gasteiger partial charge in [0.15, 0.2) is 6.61 Å². The average molecular weight is 403 g/mol. The molecule has 150 valence electrons. The molecular formula is C21H26N2O4S. The number of para-hydroxylation sites is 1. The van der Waals surface area contributed by atoms with Gasteiger partial charge in [-0.1, -0.05) is 18.2 Å². The van der Waals surface area contributed by atoms with E-state index in [4.69, 9.17) is 4.74 Å². The summed E-state index contributed by atoms with van der Waals surface area (Å²) < 4.78 is 32.4. The van der Waals surface area contributed by atoms with Crippen molar-refractivity contribution in [3.8, 4) is 5.75 Å². The summed E-state index contributed by atoms with van der Waals surface area (Å²) in [5.74, 6) is 0.239. The number of carbonyl (C=O) groups is 1. The highest BCUT2D eigenvalue weighted by Crippen LogP contribution is 2.26. The minimum atomic E-state index is -3.46. The number of hydrogen-bond acceptors (Lipinski definition) is 4. The molecule has 1 aliphatic rings. The molecule has 1 fully saturated rings. The minimum Gasteiger partial charge on any atom is -0.483 e. The smallest absolute Gasteiger partial charge is 0.262 e. The molecule has 3 rings (SSSR count). The molecule has 1 saturated heterocycles. The van der Waals surface area contributed by atoms with E-state index >= 15 is 0 Å². The van der Waals surface area contributed by atoms with E-state index in [1.54, 1.807) is 25.1 Å². The van der Waals surface area contributed by atoms with Crippen molar-refractivity contribution in [2.24, 2.45) is 0 Å². The summed E-state index contributed by atoms with van der Waals surface area (Å²) in [4.78, 5) is 12.5. The number of amides is 1. The summed E-state index contributed by atoms with van der Waals surface area (Å²) >= 11 is 0. The zero-order valence-electron chi connectivity index (χ0n) is 16.5. The topological polar surface area (TPSA) is 75.7 Å². The van der Waals surface area contributed by atoms with Crippen LogP contribution in [0.1, 0.15) is 29.5 Å². The maximum absolute atomic E-state index is 12.7. The van der Waals surface area contributed by atoms with Crippen molar-refractivity contribution in [1.29, 1.82) is 0 Å². The normalized spacial score (nSPS) is 14.8. The van der Waals surface area contributed by atoms with Crippen molar-refractivity contribution in [2.75, 3.05) is 25.0 Å². The van der Waals surface area contributed by atoms with Gasteiger partial charge in [0.05, 0.1) is 4.90 Å². The van der Waals surface area contributed by atoms with E-state index in [1.807, 2.05) is 32.0 Å². The van der Waals surface area contributed by atoms with E-state index in [2.05, 4.69) is 5.32 Å². The third kappa shape index (κ3) is 4.36. The van der Waals surface area contributed by atoms with Crippen LogP contribution < -0.4 is 10.1 Å². The molecule has 0 aliphatic carbocycles. The molecular weight excluding hydrogens is 376 g/mol. The summed E-state index contributed by atoms with van der Waals surface area (Å²) in [6.07, 6.45) is 1.80. The van der Waals surface area contributed by atoms with Crippen molar-refractivity contribution in [1.82, 2.24) is 4.31 Å². The van der Waals surface area contributed by atoms with E-state index in [1.165, 1.54) is 4.31 Å². The highest BCUT2D eigenvalue weighted by atomic mass is 32.2. The Hall–Kier alpha value is -2.38. The number of hydrogen-bond donors (Lipinski definition) is 1. The van der Waals surface area contributed by atoms with Crippen LogP contribution in [-0.2, 0) is 14.8 Å². The summed E-state index contributed by atoms with van der Waals surface area (Å²) in [5, 5.41) is 2.87. The van der Waals surface area contributed by atoms with E-state index in [-0.39, 0.29) is 17.4 Å². The fourth-order valence-electron chi connectivity index (χ4n) is 3.35. The standard InChI is InChI=1S/C21H26N2O4S/c1-15-7-6-8-16(2)21(15)22-20(24)14-27-19-10-9-18(13-17(19)3)28(25,26)23-11-4-5-12-23/h6-10,13H,4-5,11-12,14H2,1-3H3,(H,22,24). The van der Waals surface area contributed by atoms with Crippen molar-refractivity contribution >= 4 is 21.6 Å². The van der Waals surface area contributed by atoms with Crippen molar-refractivity contribution in [3.05, 3.63) is 53.1 Å². The Bertz CT molecular complexity index is 960. The lowest BCUT2D eigenvalue weighted by atomic mass is 10.1. The molecule has 0 spiro atoms. The maximum atomic E-state index is 12.7. The molecule has 0 saturated carbocycles. The number of benzene rings is 2. The van der Waals surface area contributed by atoms with Gasteiger partial charge in [0, 0.05) is 18.8 Å². The Morgan fingerprint density at radius 3 is 2.29 bits per heavy atom. The molecule has 0 radical (unpaired) electrons. The van der Waals surface area contributed by atoms with Gasteiger partial charge >= 0.3 is 0 Å². The van der Waals surface area contributed by atoms with Crippen LogP contribution in [0, 0.1) is 20.8 Å². The number of nitrogens with zero attached hydrogens (tertiary/aromatic N) is 1. The quantitative estimate of drug-likeness (QED) is 0.803. The fourth-order valence-corrected chi connectivity index (χ4v) is 4.96. The minimum absolute atomic E-state index is 0.146. The van der Waals surface area contributed by atoms with Gasteiger partial charge in [-0.05, 0) is 68.5 Å². The molecule has 0 bridgehead atoms. The Balaban J connectivity index is 1.66. The highest BCUT2D eigenvalue weighted by Gasteiger charge is 2.27. The summed E-state index contributed by atoms with van der Waals surface area (Å²) in [5.41, 5.74) is 3.45. The monoisotopic (exact) mass is 402 g/mol. The Morgan fingerprint density at radius 1 is 1.04 bits per heavy atom. The predicted molar refractivity (Wildman–Crippen MR) is 109 cm³/mol. The second-order valence-corrected chi connectivity index (χ2v) is 9.08. The fraction of sp³-hybridized carbons (Fsp3) is 0.381. The van der Waals surface area contributed by atoms with Crippen LogP contribution in [0.25, 0.3) is 0 Å². The van der Waals surface area contributed by atoms with Gasteiger partial charge in [0.1, 0.15) is 5.75 Å². The van der Waals surface area contributed by atoms with Crippen LogP contribution in [0.3, 0.4) is 0 Å². The van der Waals surface area contributed by atoms with Crippen LogP contribution >= 0.6 is 0 Å². The van der Waals surface area contributed by atoms with Gasteiger partial charge in [-0.3, -0.25) is 4.79 Å². The molecule has 6 nitrogen and oxygen atoms in total. The number of ether oxygens (including phenoxy) is 1. The van der Waals surface area contributed by atoms with Crippen molar-refractivity contribution in [2.45, 2.75) is 38.5 Å². The molecule has 0 atom stereocenters. The van der Waals surface area contributed by atoms with Gasteiger partial charge in [0.25, 0.3) is 5.91 Å².